The SMILES string of the molecule is COC(=O)c1cc(CCCl)c[nH]1. The number of hydrogen-bond acceptors (Lipinski definition) is 2. The monoisotopic (exact) mass is 187 g/mol. The van der Waals surface area contributed by atoms with E-state index in [0.717, 1.165) is 12.0 Å². The Balaban J connectivity index is 2.70. The van der Waals surface area contributed by atoms with E-state index >= 15 is 0 Å². The van der Waals surface area contributed by atoms with E-state index < -0.39 is 0 Å². The Kier molecular flexibility index (Phi) is 3.17. The van der Waals surface area contributed by atoms with Gasteiger partial charge in [0.1, 0.15) is 5.69 Å². The van der Waals surface area contributed by atoms with Crippen molar-refractivity contribution in [3.8, 4) is 0 Å². The lowest BCUT2D eigenvalue weighted by atomic mass is 10.2. The van der Waals surface area contributed by atoms with Crippen molar-refractivity contribution in [3.05, 3.63) is 23.5 Å². The second-order valence-electron chi connectivity index (χ2n) is 2.35. The highest BCUT2D eigenvalue weighted by molar-refractivity contribution is 6.18. The third-order valence-electron chi connectivity index (χ3n) is 1.53. The van der Waals surface area contributed by atoms with Crippen molar-refractivity contribution < 1.29 is 9.53 Å². The summed E-state index contributed by atoms with van der Waals surface area (Å²) >= 11 is 5.53. The molecule has 0 saturated carbocycles. The number of aromatic nitrogens is 1. The van der Waals surface area contributed by atoms with Crippen LogP contribution < -0.4 is 0 Å². The number of halogens is 1. The van der Waals surface area contributed by atoms with Gasteiger partial charge in [-0.15, -0.1) is 11.6 Å². The van der Waals surface area contributed by atoms with Gasteiger partial charge in [-0.2, -0.15) is 0 Å². The number of rotatable bonds is 3. The number of alkyl halides is 1. The summed E-state index contributed by atoms with van der Waals surface area (Å²) in [5, 5.41) is 0. The van der Waals surface area contributed by atoms with Gasteiger partial charge in [-0.05, 0) is 18.1 Å². The highest BCUT2D eigenvalue weighted by atomic mass is 35.5. The fourth-order valence-corrected chi connectivity index (χ4v) is 1.14. The third-order valence-corrected chi connectivity index (χ3v) is 1.72. The molecule has 1 aromatic heterocycles. The average molecular weight is 188 g/mol. The quantitative estimate of drug-likeness (QED) is 0.577. The molecule has 1 heterocycles. The van der Waals surface area contributed by atoms with Gasteiger partial charge in [0.15, 0.2) is 0 Å². The van der Waals surface area contributed by atoms with Crippen molar-refractivity contribution in [1.82, 2.24) is 4.98 Å². The van der Waals surface area contributed by atoms with E-state index in [-0.39, 0.29) is 5.97 Å². The molecule has 0 aliphatic rings. The minimum absolute atomic E-state index is 0.351. The maximum Gasteiger partial charge on any atom is 0.354 e. The molecule has 0 aromatic carbocycles. The zero-order chi connectivity index (χ0) is 8.97. The van der Waals surface area contributed by atoms with Crippen molar-refractivity contribution in [2.75, 3.05) is 13.0 Å². The third kappa shape index (κ3) is 2.01. The Labute approximate surface area is 75.7 Å². The Morgan fingerprint density at radius 3 is 3.08 bits per heavy atom. The number of hydrogen-bond donors (Lipinski definition) is 1. The Bertz CT molecular complexity index is 270. The van der Waals surface area contributed by atoms with Crippen molar-refractivity contribution in [2.45, 2.75) is 6.42 Å². The van der Waals surface area contributed by atoms with Crippen LogP contribution in [0.4, 0.5) is 0 Å². The number of carbonyl (C=O) groups is 1. The lowest BCUT2D eigenvalue weighted by Gasteiger charge is -1.92. The second kappa shape index (κ2) is 4.16. The lowest BCUT2D eigenvalue weighted by molar-refractivity contribution is 0.0595. The molecule has 0 spiro atoms. The maximum atomic E-state index is 10.9. The molecule has 1 N–H and O–H groups in total. The summed E-state index contributed by atoms with van der Waals surface area (Å²) in [4.78, 5) is 13.8. The number of aryl methyl sites for hydroxylation is 1. The van der Waals surface area contributed by atoms with Crippen LogP contribution in [0, 0.1) is 0 Å². The number of H-pyrrole nitrogens is 1. The van der Waals surface area contributed by atoms with Gasteiger partial charge in [0, 0.05) is 12.1 Å². The molecule has 0 bridgehead atoms. The molecular formula is C8H10ClNO2. The zero-order valence-electron chi connectivity index (χ0n) is 6.76. The van der Waals surface area contributed by atoms with E-state index in [1.165, 1.54) is 7.11 Å². The van der Waals surface area contributed by atoms with Gasteiger partial charge in [-0.25, -0.2) is 4.79 Å². The molecular weight excluding hydrogens is 178 g/mol. The average Bonchev–Trinajstić information content (AvgIpc) is 2.52. The summed E-state index contributed by atoms with van der Waals surface area (Å²) in [6.45, 7) is 0. The summed E-state index contributed by atoms with van der Waals surface area (Å²) in [7, 11) is 1.35. The first-order valence-electron chi connectivity index (χ1n) is 3.59. The standard InChI is InChI=1S/C8H10ClNO2/c1-12-8(11)7-4-6(2-3-9)5-10-7/h4-5,10H,2-3H2,1H3. The number of esters is 1. The molecule has 3 nitrogen and oxygen atoms in total. The van der Waals surface area contributed by atoms with Crippen LogP contribution in [0.1, 0.15) is 16.1 Å². The van der Waals surface area contributed by atoms with E-state index in [1.807, 2.05) is 0 Å². The van der Waals surface area contributed by atoms with E-state index in [2.05, 4.69) is 9.72 Å². The van der Waals surface area contributed by atoms with Gasteiger partial charge in [0.2, 0.25) is 0 Å². The number of ether oxygens (including phenoxy) is 1. The predicted molar refractivity (Wildman–Crippen MR) is 46.6 cm³/mol. The highest BCUT2D eigenvalue weighted by Gasteiger charge is 2.06. The van der Waals surface area contributed by atoms with Crippen LogP contribution in [-0.4, -0.2) is 23.9 Å². The molecule has 0 aliphatic carbocycles. The summed E-state index contributed by atoms with van der Waals surface area (Å²) in [5.74, 6) is 0.203. The summed E-state index contributed by atoms with van der Waals surface area (Å²) in [5.41, 5.74) is 1.49. The molecule has 0 saturated heterocycles. The number of methoxy groups -OCH3 is 1. The molecule has 0 fully saturated rings. The smallest absolute Gasteiger partial charge is 0.354 e. The predicted octanol–water partition coefficient (Wildman–Crippen LogP) is 1.58. The molecule has 0 radical (unpaired) electrons. The van der Waals surface area contributed by atoms with Gasteiger partial charge in [-0.1, -0.05) is 0 Å². The van der Waals surface area contributed by atoms with Gasteiger partial charge < -0.3 is 9.72 Å². The van der Waals surface area contributed by atoms with Crippen LogP contribution in [0.25, 0.3) is 0 Å². The first-order chi connectivity index (χ1) is 5.77. The van der Waals surface area contributed by atoms with Crippen LogP contribution in [0.5, 0.6) is 0 Å². The van der Waals surface area contributed by atoms with Crippen LogP contribution >= 0.6 is 11.6 Å². The molecule has 0 aliphatic heterocycles. The number of aromatic amines is 1. The van der Waals surface area contributed by atoms with Crippen molar-refractivity contribution in [2.24, 2.45) is 0 Å². The lowest BCUT2D eigenvalue weighted by Crippen LogP contribution is -2.00. The molecule has 0 atom stereocenters. The van der Waals surface area contributed by atoms with Gasteiger partial charge >= 0.3 is 5.97 Å². The molecule has 0 unspecified atom stereocenters. The van der Waals surface area contributed by atoms with Crippen LogP contribution in [0.2, 0.25) is 0 Å². The minimum atomic E-state index is -0.351. The number of nitrogens with one attached hydrogen (secondary N) is 1. The highest BCUT2D eigenvalue weighted by Crippen LogP contribution is 2.05. The van der Waals surface area contributed by atoms with Gasteiger partial charge in [0.25, 0.3) is 0 Å². The second-order valence-corrected chi connectivity index (χ2v) is 2.73. The largest absolute Gasteiger partial charge is 0.464 e. The Morgan fingerprint density at radius 2 is 2.50 bits per heavy atom. The fraction of sp³-hybridized carbons (Fsp3) is 0.375. The number of carbonyl (C=O) groups excluding carboxylic acids is 1. The van der Waals surface area contributed by atoms with E-state index in [0.29, 0.717) is 11.6 Å². The van der Waals surface area contributed by atoms with Crippen molar-refractivity contribution in [1.29, 1.82) is 0 Å². The summed E-state index contributed by atoms with van der Waals surface area (Å²) in [6.07, 6.45) is 2.52. The van der Waals surface area contributed by atoms with Crippen LogP contribution in [-0.2, 0) is 11.2 Å². The Morgan fingerprint density at radius 1 is 1.75 bits per heavy atom. The fourth-order valence-electron chi connectivity index (χ4n) is 0.920. The molecule has 4 heteroatoms. The van der Waals surface area contributed by atoms with E-state index in [9.17, 15) is 4.79 Å². The van der Waals surface area contributed by atoms with E-state index in [4.69, 9.17) is 11.6 Å². The van der Waals surface area contributed by atoms with E-state index in [1.54, 1.807) is 12.3 Å². The Hall–Kier alpha value is -0.960. The minimum Gasteiger partial charge on any atom is -0.464 e. The van der Waals surface area contributed by atoms with Crippen LogP contribution in [0.3, 0.4) is 0 Å². The maximum absolute atomic E-state index is 10.9. The zero-order valence-corrected chi connectivity index (χ0v) is 7.52. The molecule has 1 aromatic rings. The molecule has 12 heavy (non-hydrogen) atoms. The molecule has 0 amide bonds. The first kappa shape index (κ1) is 9.13. The summed E-state index contributed by atoms with van der Waals surface area (Å²) < 4.78 is 4.52. The molecule has 1 rings (SSSR count). The molecule has 66 valence electrons. The van der Waals surface area contributed by atoms with Crippen molar-refractivity contribution in [3.63, 3.8) is 0 Å². The van der Waals surface area contributed by atoms with Gasteiger partial charge in [-0.3, -0.25) is 0 Å². The van der Waals surface area contributed by atoms with Crippen LogP contribution in [0.15, 0.2) is 12.3 Å². The van der Waals surface area contributed by atoms with Gasteiger partial charge in [0.05, 0.1) is 7.11 Å². The topological polar surface area (TPSA) is 42.1 Å². The van der Waals surface area contributed by atoms with Crippen molar-refractivity contribution >= 4 is 17.6 Å². The first-order valence-corrected chi connectivity index (χ1v) is 4.13. The summed E-state index contributed by atoms with van der Waals surface area (Å²) in [6, 6.07) is 1.74. The normalized spacial score (nSPS) is 9.83.